The average Bonchev–Trinajstić information content (AvgIpc) is 1.85. The van der Waals surface area contributed by atoms with E-state index < -0.39 is 0 Å². The highest BCUT2D eigenvalue weighted by molar-refractivity contribution is 4.98. The summed E-state index contributed by atoms with van der Waals surface area (Å²) in [4.78, 5) is 0. The van der Waals surface area contributed by atoms with Crippen LogP contribution in [-0.4, -0.2) is 12.1 Å². The molecule has 2 heteroatoms. The van der Waals surface area contributed by atoms with Gasteiger partial charge in [-0.05, 0) is 20.8 Å². The summed E-state index contributed by atoms with van der Waals surface area (Å²) in [7, 11) is 0. The van der Waals surface area contributed by atoms with E-state index in [0.29, 0.717) is 6.61 Å². The van der Waals surface area contributed by atoms with Crippen LogP contribution >= 0.6 is 0 Å². The third kappa shape index (κ3) is 3.42. The lowest BCUT2D eigenvalue weighted by molar-refractivity contribution is 0.170. The second kappa shape index (κ2) is 3.77. The first-order chi connectivity index (χ1) is 4.89. The molecule has 0 fully saturated rings. The van der Waals surface area contributed by atoms with Crippen molar-refractivity contribution in [2.75, 3.05) is 6.61 Å². The van der Waals surface area contributed by atoms with Crippen molar-refractivity contribution in [3.8, 4) is 0 Å². The molecule has 66 valence electrons. The van der Waals surface area contributed by atoms with Crippen molar-refractivity contribution in [2.45, 2.75) is 33.2 Å². The molecule has 0 bridgehead atoms. The number of ether oxygens (including phenoxy) is 1. The summed E-state index contributed by atoms with van der Waals surface area (Å²) in [5.74, 6) is 0.974. The van der Waals surface area contributed by atoms with Gasteiger partial charge in [0.05, 0.1) is 12.4 Å². The van der Waals surface area contributed by atoms with E-state index in [0.717, 1.165) is 5.76 Å². The van der Waals surface area contributed by atoms with E-state index in [1.165, 1.54) is 0 Å². The van der Waals surface area contributed by atoms with E-state index in [-0.39, 0.29) is 11.5 Å². The van der Waals surface area contributed by atoms with Crippen LogP contribution < -0.4 is 5.73 Å². The van der Waals surface area contributed by atoms with Crippen LogP contribution in [0.15, 0.2) is 12.3 Å². The minimum Gasteiger partial charge on any atom is -0.498 e. The van der Waals surface area contributed by atoms with Crippen LogP contribution in [0.1, 0.15) is 27.7 Å². The van der Waals surface area contributed by atoms with Gasteiger partial charge in [0, 0.05) is 11.5 Å². The fraction of sp³-hybridized carbons (Fsp3) is 0.778. The normalized spacial score (nSPS) is 14.3. The first-order valence-corrected chi connectivity index (χ1v) is 4.00. The lowest BCUT2D eigenvalue weighted by atomic mass is 9.89. The molecule has 0 radical (unpaired) electrons. The Labute approximate surface area is 69.4 Å². The van der Waals surface area contributed by atoms with Gasteiger partial charge in [-0.15, -0.1) is 0 Å². The number of hydrogen-bond donors (Lipinski definition) is 1. The zero-order valence-corrected chi connectivity index (χ0v) is 7.98. The van der Waals surface area contributed by atoms with Crippen LogP contribution in [0.3, 0.4) is 0 Å². The Morgan fingerprint density at radius 1 is 1.64 bits per heavy atom. The summed E-state index contributed by atoms with van der Waals surface area (Å²) < 4.78 is 5.26. The highest BCUT2D eigenvalue weighted by atomic mass is 16.5. The molecular formula is C9H19NO. The Bertz CT molecular complexity index is 135. The molecule has 1 atom stereocenters. The van der Waals surface area contributed by atoms with Crippen LogP contribution in [0.5, 0.6) is 0 Å². The highest BCUT2D eigenvalue weighted by Crippen LogP contribution is 2.20. The van der Waals surface area contributed by atoms with Crippen molar-refractivity contribution in [3.63, 3.8) is 0 Å². The van der Waals surface area contributed by atoms with Gasteiger partial charge in [0.2, 0.25) is 0 Å². The van der Waals surface area contributed by atoms with Crippen molar-refractivity contribution in [3.05, 3.63) is 12.3 Å². The van der Waals surface area contributed by atoms with Gasteiger partial charge in [0.25, 0.3) is 0 Å². The Morgan fingerprint density at radius 3 is 2.36 bits per heavy atom. The minimum absolute atomic E-state index is 0.197. The van der Waals surface area contributed by atoms with E-state index in [1.807, 2.05) is 27.7 Å². The molecule has 0 aliphatic rings. The summed E-state index contributed by atoms with van der Waals surface area (Å²) in [6, 6.07) is 0. The quantitative estimate of drug-likeness (QED) is 0.633. The molecular weight excluding hydrogens is 138 g/mol. The van der Waals surface area contributed by atoms with Gasteiger partial charge in [-0.1, -0.05) is 13.5 Å². The maximum atomic E-state index is 5.87. The monoisotopic (exact) mass is 157 g/mol. The molecule has 0 aliphatic heterocycles. The van der Waals surface area contributed by atoms with Crippen molar-refractivity contribution >= 4 is 0 Å². The average molecular weight is 157 g/mol. The Balaban J connectivity index is 4.03. The fourth-order valence-corrected chi connectivity index (χ4v) is 0.725. The topological polar surface area (TPSA) is 35.2 Å². The fourth-order valence-electron chi connectivity index (χ4n) is 0.725. The lowest BCUT2D eigenvalue weighted by Gasteiger charge is -2.28. The van der Waals surface area contributed by atoms with Crippen LogP contribution in [0, 0.1) is 5.92 Å². The molecule has 0 aliphatic carbocycles. The van der Waals surface area contributed by atoms with Crippen LogP contribution in [0.25, 0.3) is 0 Å². The van der Waals surface area contributed by atoms with E-state index >= 15 is 0 Å². The van der Waals surface area contributed by atoms with E-state index in [9.17, 15) is 0 Å². The molecule has 11 heavy (non-hydrogen) atoms. The predicted molar refractivity (Wildman–Crippen MR) is 48.2 cm³/mol. The Hall–Kier alpha value is -0.500. The van der Waals surface area contributed by atoms with E-state index in [1.54, 1.807) is 0 Å². The first kappa shape index (κ1) is 10.5. The molecule has 2 N–H and O–H groups in total. The molecule has 0 spiro atoms. The number of rotatable bonds is 4. The molecule has 0 saturated carbocycles. The van der Waals surface area contributed by atoms with Crippen molar-refractivity contribution in [1.82, 2.24) is 0 Å². The Kier molecular flexibility index (Phi) is 3.59. The second-order valence-electron chi connectivity index (χ2n) is 3.44. The second-order valence-corrected chi connectivity index (χ2v) is 3.44. The van der Waals surface area contributed by atoms with Crippen LogP contribution in [0.2, 0.25) is 0 Å². The molecule has 0 saturated heterocycles. The van der Waals surface area contributed by atoms with Gasteiger partial charge >= 0.3 is 0 Å². The van der Waals surface area contributed by atoms with Crippen molar-refractivity contribution in [2.24, 2.45) is 11.7 Å². The lowest BCUT2D eigenvalue weighted by Crippen LogP contribution is -2.40. The largest absolute Gasteiger partial charge is 0.498 e. The molecule has 1 unspecified atom stereocenters. The van der Waals surface area contributed by atoms with Gasteiger partial charge < -0.3 is 10.5 Å². The van der Waals surface area contributed by atoms with Gasteiger partial charge in [-0.3, -0.25) is 0 Å². The van der Waals surface area contributed by atoms with Crippen molar-refractivity contribution in [1.29, 1.82) is 0 Å². The third-order valence-electron chi connectivity index (χ3n) is 1.93. The summed E-state index contributed by atoms with van der Waals surface area (Å²) in [6.07, 6.45) is 0. The zero-order chi connectivity index (χ0) is 9.07. The molecule has 0 rings (SSSR count). The summed E-state index contributed by atoms with van der Waals surface area (Å²) in [5, 5.41) is 0. The van der Waals surface area contributed by atoms with Crippen LogP contribution in [0.4, 0.5) is 0 Å². The summed E-state index contributed by atoms with van der Waals surface area (Å²) >= 11 is 0. The van der Waals surface area contributed by atoms with E-state index in [4.69, 9.17) is 10.5 Å². The summed E-state index contributed by atoms with van der Waals surface area (Å²) in [5.41, 5.74) is 5.63. The van der Waals surface area contributed by atoms with Gasteiger partial charge in [0.15, 0.2) is 0 Å². The molecule has 0 amide bonds. The van der Waals surface area contributed by atoms with Crippen LogP contribution in [-0.2, 0) is 4.74 Å². The molecule has 2 nitrogen and oxygen atoms in total. The minimum atomic E-state index is -0.244. The van der Waals surface area contributed by atoms with Crippen molar-refractivity contribution < 1.29 is 4.74 Å². The third-order valence-corrected chi connectivity index (χ3v) is 1.93. The SMILES string of the molecule is C=C(OCC)C(C)C(C)(C)N. The zero-order valence-electron chi connectivity index (χ0n) is 7.98. The van der Waals surface area contributed by atoms with E-state index in [2.05, 4.69) is 6.58 Å². The Morgan fingerprint density at radius 2 is 2.09 bits per heavy atom. The molecule has 0 heterocycles. The first-order valence-electron chi connectivity index (χ1n) is 4.00. The molecule has 0 aromatic rings. The highest BCUT2D eigenvalue weighted by Gasteiger charge is 2.23. The van der Waals surface area contributed by atoms with Gasteiger partial charge in [-0.25, -0.2) is 0 Å². The predicted octanol–water partition coefficient (Wildman–Crippen LogP) is 1.91. The maximum Gasteiger partial charge on any atom is 0.0934 e. The molecule has 0 aromatic carbocycles. The molecule has 0 aromatic heterocycles. The van der Waals surface area contributed by atoms with Gasteiger partial charge in [-0.2, -0.15) is 0 Å². The number of hydrogen-bond acceptors (Lipinski definition) is 2. The van der Waals surface area contributed by atoms with Gasteiger partial charge in [0.1, 0.15) is 0 Å². The summed E-state index contributed by atoms with van der Waals surface area (Å²) in [6.45, 7) is 12.4. The number of nitrogens with two attached hydrogens (primary N) is 1. The smallest absolute Gasteiger partial charge is 0.0934 e. The standard InChI is InChI=1S/C9H19NO/c1-6-11-8(3)7(2)9(4,5)10/h7H,3,6,10H2,1-2,4-5H3. The maximum absolute atomic E-state index is 5.87.